The van der Waals surface area contributed by atoms with E-state index in [1.54, 1.807) is 0 Å². The van der Waals surface area contributed by atoms with Crippen LogP contribution in [0.25, 0.3) is 0 Å². The summed E-state index contributed by atoms with van der Waals surface area (Å²) in [6, 6.07) is 0. The molecule has 1 N–H and O–H groups in total. The van der Waals surface area contributed by atoms with E-state index in [-0.39, 0.29) is 0 Å². The third kappa shape index (κ3) is 4.80. The van der Waals surface area contributed by atoms with Gasteiger partial charge in [0.1, 0.15) is 0 Å². The second-order valence-corrected chi connectivity index (χ2v) is 4.75. The normalized spacial score (nSPS) is 27.5. The molecule has 1 fully saturated rings. The summed E-state index contributed by atoms with van der Waals surface area (Å²) in [5.74, 6) is 1.97. The molecule has 0 aliphatic heterocycles. The zero-order valence-corrected chi connectivity index (χ0v) is 9.60. The molecule has 1 saturated carbocycles. The SMILES string of the molecule is C=CCCNCCC1CCCC(C)C1. The Morgan fingerprint density at radius 1 is 1.36 bits per heavy atom. The Labute approximate surface area is 89.0 Å². The van der Waals surface area contributed by atoms with Crippen molar-refractivity contribution in [2.24, 2.45) is 11.8 Å². The van der Waals surface area contributed by atoms with Crippen LogP contribution < -0.4 is 5.32 Å². The molecule has 1 aliphatic rings. The maximum absolute atomic E-state index is 3.72. The van der Waals surface area contributed by atoms with E-state index >= 15 is 0 Å². The topological polar surface area (TPSA) is 12.0 Å². The minimum absolute atomic E-state index is 0.974. The van der Waals surface area contributed by atoms with Crippen LogP contribution in [0.2, 0.25) is 0 Å². The third-order valence-corrected chi connectivity index (χ3v) is 3.30. The summed E-state index contributed by atoms with van der Waals surface area (Å²) in [5.41, 5.74) is 0. The Bertz CT molecular complexity index is 153. The Balaban J connectivity index is 1.97. The monoisotopic (exact) mass is 195 g/mol. The molecule has 0 spiro atoms. The molecule has 0 amide bonds. The van der Waals surface area contributed by atoms with Crippen LogP contribution in [0.15, 0.2) is 12.7 Å². The van der Waals surface area contributed by atoms with Crippen LogP contribution in [0.3, 0.4) is 0 Å². The van der Waals surface area contributed by atoms with Gasteiger partial charge in [0.15, 0.2) is 0 Å². The van der Waals surface area contributed by atoms with E-state index in [1.807, 2.05) is 6.08 Å². The van der Waals surface area contributed by atoms with Crippen molar-refractivity contribution in [2.75, 3.05) is 13.1 Å². The third-order valence-electron chi connectivity index (χ3n) is 3.30. The van der Waals surface area contributed by atoms with Crippen molar-refractivity contribution >= 4 is 0 Å². The summed E-state index contributed by atoms with van der Waals surface area (Å²) >= 11 is 0. The first-order chi connectivity index (χ1) is 6.83. The summed E-state index contributed by atoms with van der Waals surface area (Å²) < 4.78 is 0. The highest BCUT2D eigenvalue weighted by Crippen LogP contribution is 2.30. The molecule has 1 rings (SSSR count). The molecule has 0 bridgehead atoms. The Morgan fingerprint density at radius 2 is 2.21 bits per heavy atom. The first-order valence-corrected chi connectivity index (χ1v) is 6.14. The minimum atomic E-state index is 0.974. The molecule has 82 valence electrons. The molecule has 1 nitrogen and oxygen atoms in total. The Hall–Kier alpha value is -0.300. The Kier molecular flexibility index (Phi) is 5.93. The highest BCUT2D eigenvalue weighted by atomic mass is 14.8. The van der Waals surface area contributed by atoms with E-state index in [4.69, 9.17) is 0 Å². The van der Waals surface area contributed by atoms with Crippen molar-refractivity contribution in [2.45, 2.75) is 45.4 Å². The fourth-order valence-electron chi connectivity index (χ4n) is 2.46. The average Bonchev–Trinajstić information content (AvgIpc) is 2.18. The van der Waals surface area contributed by atoms with E-state index in [0.29, 0.717) is 0 Å². The lowest BCUT2D eigenvalue weighted by molar-refractivity contribution is 0.268. The van der Waals surface area contributed by atoms with Gasteiger partial charge in [0, 0.05) is 0 Å². The zero-order chi connectivity index (χ0) is 10.2. The van der Waals surface area contributed by atoms with Gasteiger partial charge in [-0.3, -0.25) is 0 Å². The highest BCUT2D eigenvalue weighted by molar-refractivity contribution is 4.72. The van der Waals surface area contributed by atoms with E-state index < -0.39 is 0 Å². The Morgan fingerprint density at radius 3 is 2.93 bits per heavy atom. The van der Waals surface area contributed by atoms with E-state index in [9.17, 15) is 0 Å². The van der Waals surface area contributed by atoms with Gasteiger partial charge in [0.25, 0.3) is 0 Å². The van der Waals surface area contributed by atoms with Crippen molar-refractivity contribution in [1.82, 2.24) is 5.32 Å². The number of rotatable bonds is 6. The quantitative estimate of drug-likeness (QED) is 0.506. The van der Waals surface area contributed by atoms with E-state index in [1.165, 1.54) is 38.6 Å². The molecular formula is C13H25N. The summed E-state index contributed by atoms with van der Waals surface area (Å²) in [7, 11) is 0. The fraction of sp³-hybridized carbons (Fsp3) is 0.846. The molecule has 2 unspecified atom stereocenters. The standard InChI is InChI=1S/C13H25N/c1-3-4-9-14-10-8-13-7-5-6-12(2)11-13/h3,12-14H,1,4-11H2,2H3. The molecule has 0 aromatic carbocycles. The van der Waals surface area contributed by atoms with Crippen LogP contribution >= 0.6 is 0 Å². The van der Waals surface area contributed by atoms with Crippen LogP contribution in [-0.2, 0) is 0 Å². The molecule has 1 aliphatic carbocycles. The molecule has 1 heteroatoms. The molecular weight excluding hydrogens is 170 g/mol. The van der Waals surface area contributed by atoms with Gasteiger partial charge in [-0.2, -0.15) is 0 Å². The smallest absolute Gasteiger partial charge is 0.00144 e. The largest absolute Gasteiger partial charge is 0.316 e. The lowest BCUT2D eigenvalue weighted by Crippen LogP contribution is -2.21. The first kappa shape index (κ1) is 11.8. The molecule has 0 aromatic heterocycles. The van der Waals surface area contributed by atoms with Crippen molar-refractivity contribution in [3.63, 3.8) is 0 Å². The summed E-state index contributed by atoms with van der Waals surface area (Å²) in [4.78, 5) is 0. The number of hydrogen-bond acceptors (Lipinski definition) is 1. The molecule has 0 radical (unpaired) electrons. The van der Waals surface area contributed by atoms with Crippen molar-refractivity contribution in [3.8, 4) is 0 Å². The molecule has 0 saturated heterocycles. The van der Waals surface area contributed by atoms with Gasteiger partial charge < -0.3 is 5.32 Å². The molecule has 2 atom stereocenters. The lowest BCUT2D eigenvalue weighted by atomic mass is 9.81. The van der Waals surface area contributed by atoms with Gasteiger partial charge in [0.2, 0.25) is 0 Å². The van der Waals surface area contributed by atoms with E-state index in [2.05, 4.69) is 18.8 Å². The minimum Gasteiger partial charge on any atom is -0.316 e. The lowest BCUT2D eigenvalue weighted by Gasteiger charge is -2.26. The van der Waals surface area contributed by atoms with Crippen molar-refractivity contribution in [3.05, 3.63) is 12.7 Å². The summed E-state index contributed by atoms with van der Waals surface area (Å²) in [5, 5.41) is 3.48. The second kappa shape index (κ2) is 7.05. The number of nitrogens with one attached hydrogen (secondary N) is 1. The van der Waals surface area contributed by atoms with Crippen molar-refractivity contribution < 1.29 is 0 Å². The van der Waals surface area contributed by atoms with Crippen LogP contribution in [0.1, 0.15) is 45.4 Å². The summed E-state index contributed by atoms with van der Waals surface area (Å²) in [6.07, 6.45) is 10.3. The predicted molar refractivity (Wildman–Crippen MR) is 63.4 cm³/mol. The van der Waals surface area contributed by atoms with Crippen LogP contribution in [0.4, 0.5) is 0 Å². The van der Waals surface area contributed by atoms with Gasteiger partial charge in [-0.05, 0) is 44.2 Å². The van der Waals surface area contributed by atoms with Crippen LogP contribution in [-0.4, -0.2) is 13.1 Å². The van der Waals surface area contributed by atoms with Crippen LogP contribution in [0.5, 0.6) is 0 Å². The molecule has 0 aromatic rings. The number of hydrogen-bond donors (Lipinski definition) is 1. The molecule has 14 heavy (non-hydrogen) atoms. The van der Waals surface area contributed by atoms with E-state index in [0.717, 1.165) is 24.8 Å². The zero-order valence-electron chi connectivity index (χ0n) is 9.60. The maximum atomic E-state index is 3.72. The van der Waals surface area contributed by atoms with Gasteiger partial charge in [-0.1, -0.05) is 32.3 Å². The van der Waals surface area contributed by atoms with Gasteiger partial charge in [-0.15, -0.1) is 6.58 Å². The second-order valence-electron chi connectivity index (χ2n) is 4.75. The first-order valence-electron chi connectivity index (χ1n) is 6.14. The van der Waals surface area contributed by atoms with Gasteiger partial charge >= 0.3 is 0 Å². The fourth-order valence-corrected chi connectivity index (χ4v) is 2.46. The van der Waals surface area contributed by atoms with Gasteiger partial charge in [0.05, 0.1) is 0 Å². The van der Waals surface area contributed by atoms with Crippen LogP contribution in [0, 0.1) is 11.8 Å². The van der Waals surface area contributed by atoms with Crippen molar-refractivity contribution in [1.29, 1.82) is 0 Å². The molecule has 0 heterocycles. The maximum Gasteiger partial charge on any atom is -0.00144 e. The average molecular weight is 195 g/mol. The van der Waals surface area contributed by atoms with Gasteiger partial charge in [-0.25, -0.2) is 0 Å². The highest BCUT2D eigenvalue weighted by Gasteiger charge is 2.17. The summed E-state index contributed by atoms with van der Waals surface area (Å²) in [6.45, 7) is 8.42. The predicted octanol–water partition coefficient (Wildman–Crippen LogP) is 3.37.